The molecule has 26 heavy (non-hydrogen) atoms. The number of halogens is 1. The van der Waals surface area contributed by atoms with Gasteiger partial charge >= 0.3 is 0 Å². The van der Waals surface area contributed by atoms with Crippen LogP contribution in [-0.2, 0) is 11.3 Å². The molecule has 5 nitrogen and oxygen atoms in total. The van der Waals surface area contributed by atoms with Crippen molar-refractivity contribution >= 4 is 11.5 Å². The van der Waals surface area contributed by atoms with E-state index in [1.165, 1.54) is 39.5 Å². The third kappa shape index (κ3) is 4.75. The number of benzene rings is 2. The molecule has 2 rings (SSSR count). The van der Waals surface area contributed by atoms with Gasteiger partial charge in [-0.2, -0.15) is 0 Å². The molecule has 0 saturated heterocycles. The Labute approximate surface area is 152 Å². The van der Waals surface area contributed by atoms with Gasteiger partial charge in [-0.1, -0.05) is 12.1 Å². The summed E-state index contributed by atoms with van der Waals surface area (Å²) >= 11 is 0. The molecular weight excluding hydrogens is 337 g/mol. The minimum Gasteiger partial charge on any atom is -0.493 e. The molecule has 1 amide bonds. The van der Waals surface area contributed by atoms with Crippen LogP contribution in [0.3, 0.4) is 0 Å². The van der Waals surface area contributed by atoms with Gasteiger partial charge in [-0.25, -0.2) is 4.39 Å². The van der Waals surface area contributed by atoms with Gasteiger partial charge in [0, 0.05) is 12.6 Å². The van der Waals surface area contributed by atoms with Gasteiger partial charge in [-0.3, -0.25) is 4.79 Å². The Kier molecular flexibility index (Phi) is 6.60. The van der Waals surface area contributed by atoms with Crippen molar-refractivity contribution in [2.24, 2.45) is 0 Å². The van der Waals surface area contributed by atoms with E-state index >= 15 is 0 Å². The number of nitrogens with one attached hydrogen (secondary N) is 1. The van der Waals surface area contributed by atoms with E-state index in [0.717, 1.165) is 16.7 Å². The van der Waals surface area contributed by atoms with Crippen LogP contribution in [-0.4, -0.2) is 27.2 Å². The fourth-order valence-electron chi connectivity index (χ4n) is 2.47. The molecule has 0 unspecified atom stereocenters. The molecular formula is C20H22FNO4. The third-order valence-electron chi connectivity index (χ3n) is 3.84. The zero-order chi connectivity index (χ0) is 19.1. The number of ether oxygens (including phenoxy) is 3. The molecule has 0 radical (unpaired) electrons. The van der Waals surface area contributed by atoms with Crippen molar-refractivity contribution in [3.05, 3.63) is 59.4 Å². The van der Waals surface area contributed by atoms with E-state index in [4.69, 9.17) is 14.2 Å². The monoisotopic (exact) mass is 359 g/mol. The standard InChI is InChI=1S/C20H22FNO4/c1-13(15-5-7-16(21)8-6-15)9-19(23)22-12-14-10-17(24-2)20(26-4)18(11-14)25-3/h5-11H,12H2,1-4H3,(H,22,23)/b13-9-. The predicted octanol–water partition coefficient (Wildman–Crippen LogP) is 3.57. The Morgan fingerprint density at radius 2 is 1.62 bits per heavy atom. The summed E-state index contributed by atoms with van der Waals surface area (Å²) < 4.78 is 28.8. The van der Waals surface area contributed by atoms with E-state index in [1.807, 2.05) is 0 Å². The van der Waals surface area contributed by atoms with Crippen LogP contribution in [0.5, 0.6) is 17.2 Å². The number of carbonyl (C=O) groups excluding carboxylic acids is 1. The Morgan fingerprint density at radius 3 is 2.12 bits per heavy atom. The molecule has 2 aromatic carbocycles. The van der Waals surface area contributed by atoms with Gasteiger partial charge in [0.25, 0.3) is 0 Å². The molecule has 0 atom stereocenters. The molecule has 138 valence electrons. The van der Waals surface area contributed by atoms with E-state index in [0.29, 0.717) is 23.8 Å². The number of allylic oxidation sites excluding steroid dienone is 1. The average molecular weight is 359 g/mol. The van der Waals surface area contributed by atoms with Crippen molar-refractivity contribution in [1.29, 1.82) is 0 Å². The summed E-state index contributed by atoms with van der Waals surface area (Å²) in [4.78, 5) is 12.2. The Bertz CT molecular complexity index is 775. The molecule has 0 saturated carbocycles. The summed E-state index contributed by atoms with van der Waals surface area (Å²) in [6.45, 7) is 2.09. The maximum Gasteiger partial charge on any atom is 0.244 e. The Balaban J connectivity index is 2.09. The summed E-state index contributed by atoms with van der Waals surface area (Å²) in [6.07, 6.45) is 1.48. The fourth-order valence-corrected chi connectivity index (χ4v) is 2.47. The minimum absolute atomic E-state index is 0.249. The number of amides is 1. The van der Waals surface area contributed by atoms with Gasteiger partial charge in [0.15, 0.2) is 11.5 Å². The maximum atomic E-state index is 13.0. The summed E-state index contributed by atoms with van der Waals surface area (Å²) in [5.74, 6) is 0.981. The molecule has 0 aliphatic heterocycles. The predicted molar refractivity (Wildman–Crippen MR) is 98.0 cm³/mol. The molecule has 0 bridgehead atoms. The lowest BCUT2D eigenvalue weighted by Gasteiger charge is -2.14. The smallest absolute Gasteiger partial charge is 0.244 e. The average Bonchev–Trinajstić information content (AvgIpc) is 2.65. The van der Waals surface area contributed by atoms with Gasteiger partial charge in [-0.15, -0.1) is 0 Å². The highest BCUT2D eigenvalue weighted by Gasteiger charge is 2.13. The number of rotatable bonds is 7. The van der Waals surface area contributed by atoms with Crippen molar-refractivity contribution in [3.63, 3.8) is 0 Å². The van der Waals surface area contributed by atoms with Crippen molar-refractivity contribution in [2.45, 2.75) is 13.5 Å². The molecule has 1 N–H and O–H groups in total. The van der Waals surface area contributed by atoms with Crippen LogP contribution in [0.2, 0.25) is 0 Å². The third-order valence-corrected chi connectivity index (χ3v) is 3.84. The molecule has 0 fully saturated rings. The van der Waals surface area contributed by atoms with E-state index in [-0.39, 0.29) is 11.7 Å². The van der Waals surface area contributed by atoms with Crippen molar-refractivity contribution < 1.29 is 23.4 Å². The normalized spacial score (nSPS) is 11.0. The first-order chi connectivity index (χ1) is 12.5. The van der Waals surface area contributed by atoms with E-state index in [9.17, 15) is 9.18 Å². The summed E-state index contributed by atoms with van der Waals surface area (Å²) in [6, 6.07) is 9.54. The van der Waals surface area contributed by atoms with E-state index in [2.05, 4.69) is 5.32 Å². The highest BCUT2D eigenvalue weighted by atomic mass is 19.1. The number of methoxy groups -OCH3 is 3. The van der Waals surface area contributed by atoms with Gasteiger partial charge in [0.2, 0.25) is 11.7 Å². The molecule has 2 aromatic rings. The molecule has 6 heteroatoms. The lowest BCUT2D eigenvalue weighted by atomic mass is 10.1. The second-order valence-corrected chi connectivity index (χ2v) is 5.59. The quantitative estimate of drug-likeness (QED) is 0.768. The molecule has 0 aliphatic carbocycles. The molecule has 0 aromatic heterocycles. The van der Waals surface area contributed by atoms with Crippen LogP contribution in [0.1, 0.15) is 18.1 Å². The van der Waals surface area contributed by atoms with E-state index in [1.54, 1.807) is 31.2 Å². The highest BCUT2D eigenvalue weighted by Crippen LogP contribution is 2.38. The van der Waals surface area contributed by atoms with Crippen molar-refractivity contribution in [2.75, 3.05) is 21.3 Å². The van der Waals surface area contributed by atoms with Gasteiger partial charge in [-0.05, 0) is 47.9 Å². The molecule has 0 spiro atoms. The topological polar surface area (TPSA) is 56.8 Å². The zero-order valence-corrected chi connectivity index (χ0v) is 15.3. The first-order valence-electron chi connectivity index (χ1n) is 7.99. The maximum absolute atomic E-state index is 13.0. The van der Waals surface area contributed by atoms with Crippen LogP contribution < -0.4 is 19.5 Å². The summed E-state index contributed by atoms with van der Waals surface area (Å²) in [5, 5.41) is 2.81. The van der Waals surface area contributed by atoms with Crippen LogP contribution in [0.4, 0.5) is 4.39 Å². The first kappa shape index (κ1) is 19.3. The van der Waals surface area contributed by atoms with Crippen molar-refractivity contribution in [1.82, 2.24) is 5.32 Å². The SMILES string of the molecule is COc1cc(CNC(=O)/C=C(/C)c2ccc(F)cc2)cc(OC)c1OC. The zero-order valence-electron chi connectivity index (χ0n) is 15.3. The minimum atomic E-state index is -0.312. The van der Waals surface area contributed by atoms with Crippen LogP contribution in [0.15, 0.2) is 42.5 Å². The van der Waals surface area contributed by atoms with Gasteiger partial charge < -0.3 is 19.5 Å². The second-order valence-electron chi connectivity index (χ2n) is 5.59. The van der Waals surface area contributed by atoms with Crippen LogP contribution in [0.25, 0.3) is 5.57 Å². The largest absolute Gasteiger partial charge is 0.493 e. The van der Waals surface area contributed by atoms with Crippen LogP contribution in [0, 0.1) is 5.82 Å². The molecule has 0 heterocycles. The fraction of sp³-hybridized carbons (Fsp3) is 0.250. The van der Waals surface area contributed by atoms with E-state index < -0.39 is 0 Å². The highest BCUT2D eigenvalue weighted by molar-refractivity contribution is 5.94. The summed E-state index contributed by atoms with van der Waals surface area (Å²) in [5.41, 5.74) is 2.34. The van der Waals surface area contributed by atoms with Gasteiger partial charge in [0.05, 0.1) is 21.3 Å². The number of hydrogen-bond acceptors (Lipinski definition) is 4. The lowest BCUT2D eigenvalue weighted by molar-refractivity contribution is -0.116. The van der Waals surface area contributed by atoms with Gasteiger partial charge in [0.1, 0.15) is 5.82 Å². The number of hydrogen-bond donors (Lipinski definition) is 1. The number of carbonyl (C=O) groups is 1. The lowest BCUT2D eigenvalue weighted by Crippen LogP contribution is -2.20. The molecule has 0 aliphatic rings. The Morgan fingerprint density at radius 1 is 1.04 bits per heavy atom. The Hall–Kier alpha value is -3.02. The first-order valence-corrected chi connectivity index (χ1v) is 7.99. The summed E-state index contributed by atoms with van der Waals surface area (Å²) in [7, 11) is 4.60. The van der Waals surface area contributed by atoms with Crippen molar-refractivity contribution in [3.8, 4) is 17.2 Å². The van der Waals surface area contributed by atoms with Crippen LogP contribution >= 0.6 is 0 Å². The second kappa shape index (κ2) is 8.89.